The number of benzene rings is 2. The summed E-state index contributed by atoms with van der Waals surface area (Å²) in [6.07, 6.45) is 1.83. The molecule has 0 amide bonds. The Morgan fingerprint density at radius 2 is 1.81 bits per heavy atom. The van der Waals surface area contributed by atoms with Gasteiger partial charge in [-0.15, -0.1) is 5.39 Å². The zero-order chi connectivity index (χ0) is 10.3. The molecule has 0 unspecified atom stereocenters. The molecule has 0 atom stereocenters. The van der Waals surface area contributed by atoms with E-state index in [1.54, 1.807) is 0 Å². The summed E-state index contributed by atoms with van der Waals surface area (Å²) in [6, 6.07) is 17.7. The molecule has 0 aliphatic carbocycles. The van der Waals surface area contributed by atoms with Crippen LogP contribution in [0.25, 0.3) is 28.0 Å². The molecule has 3 aromatic rings. The second kappa shape index (κ2) is 4.25. The molecule has 3 rings (SSSR count). The van der Waals surface area contributed by atoms with Crippen molar-refractivity contribution in [2.45, 2.75) is 0 Å². The van der Waals surface area contributed by atoms with Gasteiger partial charge in [0.1, 0.15) is 0 Å². The minimum absolute atomic E-state index is 0. The van der Waals surface area contributed by atoms with E-state index in [4.69, 9.17) is 0 Å². The maximum absolute atomic E-state index is 3.85. The van der Waals surface area contributed by atoms with Crippen LogP contribution in [-0.2, 0) is 20.1 Å². The predicted molar refractivity (Wildman–Crippen MR) is 64.7 cm³/mol. The summed E-state index contributed by atoms with van der Waals surface area (Å²) in [5.41, 5.74) is 2.28. The molecule has 0 bridgehead atoms. The van der Waals surface area contributed by atoms with Crippen LogP contribution >= 0.6 is 0 Å². The molecular formula is C14H10IrN-. The molecule has 0 spiro atoms. The summed E-state index contributed by atoms with van der Waals surface area (Å²) >= 11 is 0. The SMILES string of the molecule is C=Cn1c2[c-]cccc2c2ccccc21.[Ir]. The number of rotatable bonds is 1. The summed E-state index contributed by atoms with van der Waals surface area (Å²) < 4.78 is 2.07. The summed E-state index contributed by atoms with van der Waals surface area (Å²) in [7, 11) is 0. The van der Waals surface area contributed by atoms with Crippen molar-refractivity contribution >= 4 is 28.0 Å². The predicted octanol–water partition coefficient (Wildman–Crippen LogP) is 3.69. The van der Waals surface area contributed by atoms with Crippen LogP contribution in [0.4, 0.5) is 0 Å². The van der Waals surface area contributed by atoms with Gasteiger partial charge in [-0.3, -0.25) is 0 Å². The van der Waals surface area contributed by atoms with Crippen molar-refractivity contribution in [2.75, 3.05) is 0 Å². The molecular weight excluding hydrogens is 374 g/mol. The van der Waals surface area contributed by atoms with Crippen molar-refractivity contribution in [3.05, 3.63) is 55.1 Å². The number of hydrogen-bond donors (Lipinski definition) is 0. The Hall–Kier alpha value is -1.37. The van der Waals surface area contributed by atoms with Gasteiger partial charge in [-0.2, -0.15) is 24.3 Å². The second-order valence-corrected chi connectivity index (χ2v) is 3.50. The van der Waals surface area contributed by atoms with Crippen LogP contribution in [0.5, 0.6) is 0 Å². The van der Waals surface area contributed by atoms with E-state index in [1.807, 2.05) is 24.4 Å². The third-order valence-electron chi connectivity index (χ3n) is 2.71. The molecule has 0 saturated carbocycles. The van der Waals surface area contributed by atoms with Gasteiger partial charge in [0.25, 0.3) is 0 Å². The van der Waals surface area contributed by atoms with Crippen molar-refractivity contribution in [1.82, 2.24) is 4.57 Å². The van der Waals surface area contributed by atoms with Crippen LogP contribution in [0, 0.1) is 6.07 Å². The van der Waals surface area contributed by atoms with Gasteiger partial charge >= 0.3 is 0 Å². The van der Waals surface area contributed by atoms with Crippen LogP contribution < -0.4 is 0 Å². The van der Waals surface area contributed by atoms with E-state index in [0.717, 1.165) is 5.52 Å². The molecule has 1 radical (unpaired) electrons. The standard InChI is InChI=1S/C14H10N.Ir/c1-2-15-13-9-5-3-7-11(13)12-8-4-6-10-14(12)15;/h2-9H,1H2;/q-1;. The van der Waals surface area contributed by atoms with Gasteiger partial charge in [0.2, 0.25) is 0 Å². The van der Waals surface area contributed by atoms with Gasteiger partial charge in [-0.25, -0.2) is 0 Å². The van der Waals surface area contributed by atoms with Crippen molar-refractivity contribution in [3.8, 4) is 0 Å². The maximum Gasteiger partial charge on any atom is 0.0389 e. The first-order chi connectivity index (χ1) is 7.42. The molecule has 2 aromatic carbocycles. The zero-order valence-electron chi connectivity index (χ0n) is 8.61. The minimum Gasteiger partial charge on any atom is -0.341 e. The number of para-hydroxylation sites is 2. The van der Waals surface area contributed by atoms with Crippen molar-refractivity contribution in [3.63, 3.8) is 0 Å². The first-order valence-electron chi connectivity index (χ1n) is 4.94. The van der Waals surface area contributed by atoms with E-state index in [1.165, 1.54) is 16.3 Å². The van der Waals surface area contributed by atoms with Crippen molar-refractivity contribution in [2.24, 2.45) is 0 Å². The van der Waals surface area contributed by atoms with Crippen LogP contribution in [0.3, 0.4) is 0 Å². The molecule has 1 nitrogen and oxygen atoms in total. The largest absolute Gasteiger partial charge is 0.341 e. The van der Waals surface area contributed by atoms with Gasteiger partial charge in [0.05, 0.1) is 0 Å². The zero-order valence-corrected chi connectivity index (χ0v) is 11.0. The molecule has 0 fully saturated rings. The van der Waals surface area contributed by atoms with E-state index in [9.17, 15) is 0 Å². The fourth-order valence-corrected chi connectivity index (χ4v) is 2.07. The first-order valence-corrected chi connectivity index (χ1v) is 4.94. The third-order valence-corrected chi connectivity index (χ3v) is 2.71. The monoisotopic (exact) mass is 385 g/mol. The number of fused-ring (bicyclic) bond motifs is 3. The fourth-order valence-electron chi connectivity index (χ4n) is 2.07. The summed E-state index contributed by atoms with van der Waals surface area (Å²) in [5.74, 6) is 0. The first kappa shape index (κ1) is 11.1. The van der Waals surface area contributed by atoms with Gasteiger partial charge in [-0.1, -0.05) is 30.3 Å². The maximum atomic E-state index is 3.85. The third kappa shape index (κ3) is 1.42. The van der Waals surface area contributed by atoms with Crippen LogP contribution in [0.1, 0.15) is 0 Å². The number of nitrogens with zero attached hydrogens (tertiary/aromatic N) is 1. The van der Waals surface area contributed by atoms with Crippen LogP contribution in [-0.4, -0.2) is 4.57 Å². The molecule has 1 heterocycles. The van der Waals surface area contributed by atoms with Crippen LogP contribution in [0.2, 0.25) is 0 Å². The number of hydrogen-bond acceptors (Lipinski definition) is 0. The van der Waals surface area contributed by atoms with Crippen molar-refractivity contribution in [1.29, 1.82) is 0 Å². The quantitative estimate of drug-likeness (QED) is 0.564. The molecule has 0 aliphatic heterocycles. The van der Waals surface area contributed by atoms with E-state index in [2.05, 4.69) is 41.5 Å². The number of aromatic nitrogens is 1. The average Bonchev–Trinajstić information content (AvgIpc) is 2.63. The summed E-state index contributed by atoms with van der Waals surface area (Å²) in [5, 5.41) is 2.48. The smallest absolute Gasteiger partial charge is 0.0389 e. The molecule has 0 aliphatic rings. The Balaban J connectivity index is 0.000000963. The van der Waals surface area contributed by atoms with E-state index in [0.29, 0.717) is 0 Å². The molecule has 0 saturated heterocycles. The molecule has 16 heavy (non-hydrogen) atoms. The van der Waals surface area contributed by atoms with Crippen molar-refractivity contribution < 1.29 is 20.1 Å². The molecule has 81 valence electrons. The Morgan fingerprint density at radius 1 is 1.06 bits per heavy atom. The fraction of sp³-hybridized carbons (Fsp3) is 0. The van der Waals surface area contributed by atoms with E-state index in [-0.39, 0.29) is 20.1 Å². The van der Waals surface area contributed by atoms with Gasteiger partial charge in [0, 0.05) is 25.6 Å². The average molecular weight is 384 g/mol. The van der Waals surface area contributed by atoms with Gasteiger partial charge in [0.15, 0.2) is 0 Å². The normalized spacial score (nSPS) is 10.2. The Morgan fingerprint density at radius 3 is 2.62 bits per heavy atom. The molecule has 1 aromatic heterocycles. The van der Waals surface area contributed by atoms with Gasteiger partial charge in [-0.05, 0) is 17.7 Å². The Kier molecular flexibility index (Phi) is 2.95. The molecule has 0 N–H and O–H groups in total. The summed E-state index contributed by atoms with van der Waals surface area (Å²) in [6.45, 7) is 3.85. The van der Waals surface area contributed by atoms with E-state index >= 15 is 0 Å². The Labute approximate surface area is 108 Å². The minimum atomic E-state index is 0. The van der Waals surface area contributed by atoms with E-state index < -0.39 is 0 Å². The Bertz CT molecular complexity index is 599. The second-order valence-electron chi connectivity index (χ2n) is 3.50. The topological polar surface area (TPSA) is 4.93 Å². The molecule has 2 heteroatoms. The van der Waals surface area contributed by atoms with Gasteiger partial charge < -0.3 is 4.57 Å². The van der Waals surface area contributed by atoms with Crippen LogP contribution in [0.15, 0.2) is 49.0 Å². The summed E-state index contributed by atoms with van der Waals surface area (Å²) in [4.78, 5) is 0.